The first-order chi connectivity index (χ1) is 11.1. The standard InChI is InChI=1S/C17H23N3O3/c1-23-11-17(7-8-18-10-17)16(22)20-14-4-2-3-13(9-14)19-15(21)12-5-6-12/h2-4,9,12,18H,5-8,10-11H2,1H3,(H,19,21)(H,20,22). The molecule has 3 rings (SSSR count). The van der Waals surface area contributed by atoms with Crippen molar-refractivity contribution in [3.63, 3.8) is 0 Å². The van der Waals surface area contributed by atoms with E-state index in [0.717, 1.165) is 25.8 Å². The van der Waals surface area contributed by atoms with E-state index >= 15 is 0 Å². The van der Waals surface area contributed by atoms with Crippen molar-refractivity contribution >= 4 is 23.2 Å². The van der Waals surface area contributed by atoms with E-state index in [-0.39, 0.29) is 17.7 Å². The summed E-state index contributed by atoms with van der Waals surface area (Å²) < 4.78 is 5.24. The number of hydrogen-bond donors (Lipinski definition) is 3. The average Bonchev–Trinajstić information content (AvgIpc) is 3.28. The molecule has 1 aliphatic heterocycles. The maximum atomic E-state index is 12.7. The molecule has 2 amide bonds. The number of hydrogen-bond acceptors (Lipinski definition) is 4. The lowest BCUT2D eigenvalue weighted by Gasteiger charge is -2.26. The van der Waals surface area contributed by atoms with Gasteiger partial charge in [-0.2, -0.15) is 0 Å². The summed E-state index contributed by atoms with van der Waals surface area (Å²) in [5, 5.41) is 9.08. The van der Waals surface area contributed by atoms with E-state index in [9.17, 15) is 9.59 Å². The summed E-state index contributed by atoms with van der Waals surface area (Å²) in [4.78, 5) is 24.5. The topological polar surface area (TPSA) is 79.5 Å². The van der Waals surface area contributed by atoms with Crippen LogP contribution in [0.2, 0.25) is 0 Å². The lowest BCUT2D eigenvalue weighted by Crippen LogP contribution is -2.41. The van der Waals surface area contributed by atoms with E-state index in [1.807, 2.05) is 18.2 Å². The fourth-order valence-electron chi connectivity index (χ4n) is 2.93. The Morgan fingerprint density at radius 2 is 2.04 bits per heavy atom. The zero-order valence-corrected chi connectivity index (χ0v) is 13.4. The molecule has 1 heterocycles. The molecule has 1 aromatic carbocycles. The third-order valence-corrected chi connectivity index (χ3v) is 4.48. The van der Waals surface area contributed by atoms with Gasteiger partial charge in [0, 0.05) is 30.9 Å². The Hall–Kier alpha value is -1.92. The molecular formula is C17H23N3O3. The van der Waals surface area contributed by atoms with Crippen LogP contribution in [0.25, 0.3) is 0 Å². The summed E-state index contributed by atoms with van der Waals surface area (Å²) in [7, 11) is 1.61. The SMILES string of the molecule is COCC1(C(=O)Nc2cccc(NC(=O)C3CC3)c2)CCNC1. The number of amides is 2. The van der Waals surface area contributed by atoms with Crippen molar-refractivity contribution < 1.29 is 14.3 Å². The van der Waals surface area contributed by atoms with Gasteiger partial charge >= 0.3 is 0 Å². The van der Waals surface area contributed by atoms with Crippen LogP contribution in [0, 0.1) is 11.3 Å². The Morgan fingerprint density at radius 3 is 2.65 bits per heavy atom. The predicted octanol–water partition coefficient (Wildman–Crippen LogP) is 1.60. The molecule has 1 unspecified atom stereocenters. The van der Waals surface area contributed by atoms with Crippen molar-refractivity contribution in [2.45, 2.75) is 19.3 Å². The van der Waals surface area contributed by atoms with E-state index in [1.165, 1.54) is 0 Å². The van der Waals surface area contributed by atoms with Crippen molar-refractivity contribution in [1.29, 1.82) is 0 Å². The van der Waals surface area contributed by atoms with Crippen molar-refractivity contribution in [1.82, 2.24) is 5.32 Å². The molecular weight excluding hydrogens is 294 g/mol. The number of methoxy groups -OCH3 is 1. The summed E-state index contributed by atoms with van der Waals surface area (Å²) in [5.74, 6) is 0.169. The quantitative estimate of drug-likeness (QED) is 0.744. The third kappa shape index (κ3) is 3.71. The molecule has 0 bridgehead atoms. The first-order valence-corrected chi connectivity index (χ1v) is 8.05. The Balaban J connectivity index is 1.66. The Bertz CT molecular complexity index is 593. The van der Waals surface area contributed by atoms with Crippen LogP contribution in [0.4, 0.5) is 11.4 Å². The monoisotopic (exact) mass is 317 g/mol. The fraction of sp³-hybridized carbons (Fsp3) is 0.529. The number of ether oxygens (including phenoxy) is 1. The van der Waals surface area contributed by atoms with Gasteiger partial charge in [-0.1, -0.05) is 6.07 Å². The maximum absolute atomic E-state index is 12.7. The van der Waals surface area contributed by atoms with E-state index in [2.05, 4.69) is 16.0 Å². The van der Waals surface area contributed by atoms with Gasteiger partial charge in [-0.25, -0.2) is 0 Å². The van der Waals surface area contributed by atoms with Gasteiger partial charge in [0.05, 0.1) is 12.0 Å². The van der Waals surface area contributed by atoms with Gasteiger partial charge in [0.1, 0.15) is 0 Å². The predicted molar refractivity (Wildman–Crippen MR) is 88.2 cm³/mol. The molecule has 23 heavy (non-hydrogen) atoms. The fourth-order valence-corrected chi connectivity index (χ4v) is 2.93. The van der Waals surface area contributed by atoms with Crippen LogP contribution >= 0.6 is 0 Å². The number of carbonyl (C=O) groups excluding carboxylic acids is 2. The highest BCUT2D eigenvalue weighted by atomic mass is 16.5. The zero-order valence-electron chi connectivity index (χ0n) is 13.4. The molecule has 1 atom stereocenters. The van der Waals surface area contributed by atoms with Crippen LogP contribution in [-0.2, 0) is 14.3 Å². The zero-order chi connectivity index (χ0) is 16.3. The summed E-state index contributed by atoms with van der Waals surface area (Å²) in [5.41, 5.74) is 0.873. The number of nitrogens with one attached hydrogen (secondary N) is 3. The highest BCUT2D eigenvalue weighted by Crippen LogP contribution is 2.31. The Labute approximate surface area is 136 Å². The van der Waals surface area contributed by atoms with Gasteiger partial charge in [0.15, 0.2) is 0 Å². The van der Waals surface area contributed by atoms with Crippen molar-refractivity contribution in [2.24, 2.45) is 11.3 Å². The van der Waals surface area contributed by atoms with Crippen LogP contribution in [0.1, 0.15) is 19.3 Å². The molecule has 6 heteroatoms. The van der Waals surface area contributed by atoms with E-state index < -0.39 is 5.41 Å². The second-order valence-corrected chi connectivity index (χ2v) is 6.44. The summed E-state index contributed by atoms with van der Waals surface area (Å²) in [6, 6.07) is 7.28. The molecule has 3 N–H and O–H groups in total. The van der Waals surface area contributed by atoms with Crippen LogP contribution in [0.3, 0.4) is 0 Å². The summed E-state index contributed by atoms with van der Waals surface area (Å²) in [6.45, 7) is 1.82. The Kier molecular flexibility index (Phi) is 4.63. The smallest absolute Gasteiger partial charge is 0.234 e. The Morgan fingerprint density at radius 1 is 1.30 bits per heavy atom. The number of benzene rings is 1. The minimum absolute atomic E-state index is 0.0463. The first kappa shape index (κ1) is 16.0. The second-order valence-electron chi connectivity index (χ2n) is 6.44. The van der Waals surface area contributed by atoms with Gasteiger partial charge in [0.25, 0.3) is 0 Å². The number of carbonyl (C=O) groups is 2. The van der Waals surface area contributed by atoms with Crippen LogP contribution < -0.4 is 16.0 Å². The summed E-state index contributed by atoms with van der Waals surface area (Å²) >= 11 is 0. The van der Waals surface area contributed by atoms with Crippen molar-refractivity contribution in [3.8, 4) is 0 Å². The molecule has 6 nitrogen and oxygen atoms in total. The van der Waals surface area contributed by atoms with Gasteiger partial charge < -0.3 is 20.7 Å². The first-order valence-electron chi connectivity index (χ1n) is 8.05. The molecule has 1 saturated heterocycles. The molecule has 1 saturated carbocycles. The normalized spacial score (nSPS) is 23.5. The van der Waals surface area contributed by atoms with Gasteiger partial charge in [-0.05, 0) is 44.0 Å². The lowest BCUT2D eigenvalue weighted by atomic mass is 9.87. The van der Waals surface area contributed by atoms with Crippen LogP contribution in [0.5, 0.6) is 0 Å². The van der Waals surface area contributed by atoms with Crippen molar-refractivity contribution in [2.75, 3.05) is 37.4 Å². The largest absolute Gasteiger partial charge is 0.384 e. The van der Waals surface area contributed by atoms with Crippen molar-refractivity contribution in [3.05, 3.63) is 24.3 Å². The molecule has 0 radical (unpaired) electrons. The molecule has 1 aliphatic carbocycles. The second kappa shape index (κ2) is 6.68. The maximum Gasteiger partial charge on any atom is 0.234 e. The lowest BCUT2D eigenvalue weighted by molar-refractivity contribution is -0.127. The van der Waals surface area contributed by atoms with Gasteiger partial charge in [0.2, 0.25) is 11.8 Å². The third-order valence-electron chi connectivity index (χ3n) is 4.48. The number of anilines is 2. The highest BCUT2D eigenvalue weighted by Gasteiger charge is 2.41. The van der Waals surface area contributed by atoms with E-state index in [0.29, 0.717) is 24.5 Å². The minimum atomic E-state index is -0.526. The van der Waals surface area contributed by atoms with E-state index in [4.69, 9.17) is 4.74 Å². The van der Waals surface area contributed by atoms with Crippen LogP contribution in [-0.4, -0.2) is 38.6 Å². The highest BCUT2D eigenvalue weighted by molar-refractivity contribution is 5.98. The van der Waals surface area contributed by atoms with Crippen LogP contribution in [0.15, 0.2) is 24.3 Å². The molecule has 2 aliphatic rings. The molecule has 124 valence electrons. The average molecular weight is 317 g/mol. The molecule has 0 aromatic heterocycles. The van der Waals surface area contributed by atoms with E-state index in [1.54, 1.807) is 13.2 Å². The molecule has 1 aromatic rings. The molecule has 2 fully saturated rings. The minimum Gasteiger partial charge on any atom is -0.384 e. The summed E-state index contributed by atoms with van der Waals surface area (Å²) in [6.07, 6.45) is 2.69. The number of rotatable bonds is 6. The van der Waals surface area contributed by atoms with Gasteiger partial charge in [-0.3, -0.25) is 9.59 Å². The molecule has 0 spiro atoms. The van der Waals surface area contributed by atoms with Gasteiger partial charge in [-0.15, -0.1) is 0 Å².